The summed E-state index contributed by atoms with van der Waals surface area (Å²) in [5.74, 6) is 0.340. The number of hydrogen-bond acceptors (Lipinski definition) is 1. The topological polar surface area (TPSA) is 17.8 Å². The predicted octanol–water partition coefficient (Wildman–Crippen LogP) is 4.48. The molecule has 0 bridgehead atoms. The van der Waals surface area contributed by atoms with Crippen molar-refractivity contribution >= 4 is 34.8 Å². The maximum absolute atomic E-state index is 13.1. The summed E-state index contributed by atoms with van der Waals surface area (Å²) >= 11 is 18.7. The summed E-state index contributed by atoms with van der Waals surface area (Å²) in [7, 11) is 1.79. The Morgan fingerprint density at radius 2 is 1.76 bits per heavy atom. The molecular formula is C15H16Cl3FN2. The van der Waals surface area contributed by atoms with Crippen molar-refractivity contribution in [1.82, 2.24) is 9.78 Å². The molecule has 0 spiro atoms. The molecule has 0 fully saturated rings. The van der Waals surface area contributed by atoms with Crippen molar-refractivity contribution < 1.29 is 4.39 Å². The lowest BCUT2D eigenvalue weighted by molar-refractivity contribution is 0.532. The molecule has 2 aromatic rings. The van der Waals surface area contributed by atoms with Gasteiger partial charge in [0, 0.05) is 29.8 Å². The average Bonchev–Trinajstić information content (AvgIpc) is 2.72. The van der Waals surface area contributed by atoms with Crippen molar-refractivity contribution in [3.8, 4) is 0 Å². The summed E-state index contributed by atoms with van der Waals surface area (Å²) in [6, 6.07) is 6.28. The van der Waals surface area contributed by atoms with E-state index in [1.807, 2.05) is 6.92 Å². The van der Waals surface area contributed by atoms with Crippen LogP contribution in [-0.2, 0) is 18.9 Å². The lowest BCUT2D eigenvalue weighted by Crippen LogP contribution is -2.33. The molecule has 0 radical (unpaired) electrons. The maximum Gasteiger partial charge on any atom is 0.130 e. The first-order chi connectivity index (χ1) is 9.93. The first-order valence-electron chi connectivity index (χ1n) is 6.49. The number of nitrogens with zero attached hydrogens (tertiary/aromatic N) is 2. The van der Waals surface area contributed by atoms with Crippen LogP contribution in [0.25, 0.3) is 0 Å². The van der Waals surface area contributed by atoms with E-state index in [-0.39, 0.29) is 5.82 Å². The first-order valence-corrected chi connectivity index (χ1v) is 7.94. The van der Waals surface area contributed by atoms with Gasteiger partial charge in [-0.2, -0.15) is 5.10 Å². The van der Waals surface area contributed by atoms with Crippen LogP contribution in [0, 0.1) is 12.7 Å². The molecule has 0 unspecified atom stereocenters. The molecule has 0 saturated carbocycles. The van der Waals surface area contributed by atoms with Gasteiger partial charge in [0.25, 0.3) is 0 Å². The van der Waals surface area contributed by atoms with Gasteiger partial charge in [0.1, 0.15) is 11.0 Å². The molecule has 0 aliphatic carbocycles. The minimum absolute atomic E-state index is 0.285. The van der Waals surface area contributed by atoms with Crippen LogP contribution >= 0.6 is 34.8 Å². The Bertz CT molecular complexity index is 619. The highest BCUT2D eigenvalue weighted by Gasteiger charge is 2.33. The Morgan fingerprint density at radius 3 is 2.19 bits per heavy atom. The fourth-order valence-electron chi connectivity index (χ4n) is 2.40. The van der Waals surface area contributed by atoms with Crippen molar-refractivity contribution in [2.24, 2.45) is 7.05 Å². The summed E-state index contributed by atoms with van der Waals surface area (Å²) in [4.78, 5) is 0. The average molecular weight is 350 g/mol. The van der Waals surface area contributed by atoms with Crippen molar-refractivity contribution in [2.45, 2.75) is 18.8 Å². The Hall–Kier alpha value is -0.770. The molecule has 2 nitrogen and oxygen atoms in total. The van der Waals surface area contributed by atoms with Crippen LogP contribution in [-0.4, -0.2) is 21.5 Å². The second-order valence-corrected chi connectivity index (χ2v) is 6.10. The molecule has 0 N–H and O–H groups in total. The van der Waals surface area contributed by atoms with Crippen LogP contribution < -0.4 is 0 Å². The van der Waals surface area contributed by atoms with Gasteiger partial charge in [0.05, 0.1) is 5.69 Å². The highest BCUT2D eigenvalue weighted by molar-refractivity contribution is 6.30. The van der Waals surface area contributed by atoms with Crippen molar-refractivity contribution in [3.63, 3.8) is 0 Å². The normalized spacial score (nSPS) is 11.9. The van der Waals surface area contributed by atoms with E-state index < -0.39 is 5.41 Å². The molecule has 0 amide bonds. The summed E-state index contributed by atoms with van der Waals surface area (Å²) in [6.45, 7) is 1.90. The molecule has 6 heteroatoms. The van der Waals surface area contributed by atoms with Gasteiger partial charge in [-0.1, -0.05) is 23.7 Å². The van der Waals surface area contributed by atoms with E-state index in [4.69, 9.17) is 34.8 Å². The lowest BCUT2D eigenvalue weighted by atomic mass is 9.79. The smallest absolute Gasteiger partial charge is 0.130 e. The van der Waals surface area contributed by atoms with Gasteiger partial charge in [-0.3, -0.25) is 4.68 Å². The monoisotopic (exact) mass is 348 g/mol. The molecule has 0 aliphatic heterocycles. The second-order valence-electron chi connectivity index (χ2n) is 5.21. The van der Waals surface area contributed by atoms with E-state index in [1.165, 1.54) is 12.1 Å². The third-order valence-electron chi connectivity index (χ3n) is 3.75. The summed E-state index contributed by atoms with van der Waals surface area (Å²) in [6.07, 6.45) is 0.560. The molecule has 0 aliphatic rings. The van der Waals surface area contributed by atoms with Gasteiger partial charge in [-0.15, -0.1) is 23.2 Å². The minimum Gasteiger partial charge on any atom is -0.257 e. The zero-order chi connectivity index (χ0) is 15.6. The SMILES string of the molecule is Cc1nn(C)c(Cl)c1CC(CCl)(CCl)c1ccc(F)cc1. The highest BCUT2D eigenvalue weighted by Crippen LogP contribution is 2.35. The first kappa shape index (κ1) is 16.6. The summed E-state index contributed by atoms with van der Waals surface area (Å²) in [5.41, 5.74) is 2.16. The van der Waals surface area contributed by atoms with Crippen molar-refractivity contribution in [2.75, 3.05) is 11.8 Å². The second kappa shape index (κ2) is 6.55. The van der Waals surface area contributed by atoms with Crippen LogP contribution in [0.15, 0.2) is 24.3 Å². The quantitative estimate of drug-likeness (QED) is 0.728. The predicted molar refractivity (Wildman–Crippen MR) is 86.2 cm³/mol. The van der Waals surface area contributed by atoms with Gasteiger partial charge in [-0.05, 0) is 31.0 Å². The van der Waals surface area contributed by atoms with Gasteiger partial charge in [0.2, 0.25) is 0 Å². The number of hydrogen-bond donors (Lipinski definition) is 0. The number of alkyl halides is 2. The summed E-state index contributed by atoms with van der Waals surface area (Å²) < 4.78 is 14.8. The van der Waals surface area contributed by atoms with E-state index in [0.29, 0.717) is 23.3 Å². The molecule has 0 atom stereocenters. The fourth-order valence-corrected chi connectivity index (χ4v) is 3.43. The minimum atomic E-state index is -0.506. The number of aryl methyl sites for hydroxylation is 2. The molecule has 2 rings (SSSR count). The molecule has 114 valence electrons. The Labute approximate surface area is 138 Å². The Morgan fingerprint density at radius 1 is 1.19 bits per heavy atom. The van der Waals surface area contributed by atoms with Crippen LogP contribution in [0.4, 0.5) is 4.39 Å². The van der Waals surface area contributed by atoms with Gasteiger partial charge in [-0.25, -0.2) is 4.39 Å². The largest absolute Gasteiger partial charge is 0.257 e. The van der Waals surface area contributed by atoms with E-state index in [2.05, 4.69) is 5.10 Å². The number of aromatic nitrogens is 2. The van der Waals surface area contributed by atoms with E-state index in [9.17, 15) is 4.39 Å². The third kappa shape index (κ3) is 3.20. The van der Waals surface area contributed by atoms with Crippen molar-refractivity contribution in [1.29, 1.82) is 0 Å². The molecule has 21 heavy (non-hydrogen) atoms. The van der Waals surface area contributed by atoms with E-state index in [0.717, 1.165) is 16.8 Å². The zero-order valence-electron chi connectivity index (χ0n) is 11.8. The third-order valence-corrected chi connectivity index (χ3v) is 5.25. The van der Waals surface area contributed by atoms with Gasteiger partial charge >= 0.3 is 0 Å². The highest BCUT2D eigenvalue weighted by atomic mass is 35.5. The van der Waals surface area contributed by atoms with E-state index in [1.54, 1.807) is 23.9 Å². The Balaban J connectivity index is 2.45. The molecule has 0 saturated heterocycles. The molecule has 1 heterocycles. The summed E-state index contributed by atoms with van der Waals surface area (Å²) in [5, 5.41) is 4.89. The fraction of sp³-hybridized carbons (Fsp3) is 0.400. The van der Waals surface area contributed by atoms with Crippen LogP contribution in [0.1, 0.15) is 16.8 Å². The van der Waals surface area contributed by atoms with E-state index >= 15 is 0 Å². The lowest BCUT2D eigenvalue weighted by Gasteiger charge is -2.30. The van der Waals surface area contributed by atoms with Gasteiger partial charge < -0.3 is 0 Å². The van der Waals surface area contributed by atoms with Crippen molar-refractivity contribution in [3.05, 3.63) is 52.1 Å². The van der Waals surface area contributed by atoms with Gasteiger partial charge in [0.15, 0.2) is 0 Å². The van der Waals surface area contributed by atoms with Crippen LogP contribution in [0.5, 0.6) is 0 Å². The molecular weight excluding hydrogens is 334 g/mol. The standard InChI is InChI=1S/C15H16Cl3FN2/c1-10-13(14(18)21(2)20-10)7-15(8-16,9-17)11-3-5-12(19)6-4-11/h3-6H,7-9H2,1-2H3. The zero-order valence-corrected chi connectivity index (χ0v) is 14.1. The molecule has 1 aromatic carbocycles. The number of halogens is 4. The maximum atomic E-state index is 13.1. The molecule has 1 aromatic heterocycles. The number of benzene rings is 1. The van der Waals surface area contributed by atoms with Crippen LogP contribution in [0.2, 0.25) is 5.15 Å². The number of rotatable bonds is 5. The van der Waals surface area contributed by atoms with Crippen LogP contribution in [0.3, 0.4) is 0 Å². The Kier molecular flexibility index (Phi) is 5.18.